The summed E-state index contributed by atoms with van der Waals surface area (Å²) in [5.41, 5.74) is 1.49. The number of carboxylic acids is 1. The van der Waals surface area contributed by atoms with E-state index in [1.165, 1.54) is 39.5 Å². The van der Waals surface area contributed by atoms with Crippen molar-refractivity contribution >= 4 is 47.9 Å². The van der Waals surface area contributed by atoms with Gasteiger partial charge in [0.05, 0.1) is 33.4 Å². The molecule has 4 rings (SSSR count). The van der Waals surface area contributed by atoms with Crippen LogP contribution in [-0.2, 0) is 59.3 Å². The Hall–Kier alpha value is -8.16. The fourth-order valence-electron chi connectivity index (χ4n) is 7.22. The number of carbonyl (C=O) groups is 8. The number of nitrogens with one attached hydrogen (secondary N) is 4. The molecule has 20 heteroatoms. The molecule has 0 unspecified atom stereocenters. The van der Waals surface area contributed by atoms with E-state index in [2.05, 4.69) is 21.3 Å². The third kappa shape index (κ3) is 25.3. The topological polar surface area (TPSA) is 270 Å². The Kier molecular flexibility index (Phi) is 26.5. The molecular weight excluding hydrogens is 997 g/mol. The van der Waals surface area contributed by atoms with Crippen molar-refractivity contribution in [3.05, 3.63) is 130 Å². The molecule has 0 saturated carbocycles. The molecule has 77 heavy (non-hydrogen) atoms. The van der Waals surface area contributed by atoms with Crippen LogP contribution in [0.1, 0.15) is 123 Å². The summed E-state index contributed by atoms with van der Waals surface area (Å²) in [5, 5.41) is 20.1. The molecule has 20 nitrogen and oxygen atoms in total. The summed E-state index contributed by atoms with van der Waals surface area (Å²) < 4.78 is 36.1. The predicted molar refractivity (Wildman–Crippen MR) is 285 cm³/mol. The van der Waals surface area contributed by atoms with E-state index < -0.39 is 59.6 Å². The summed E-state index contributed by atoms with van der Waals surface area (Å²) in [4.78, 5) is 98.6. The van der Waals surface area contributed by atoms with Crippen LogP contribution in [0.25, 0.3) is 0 Å². The van der Waals surface area contributed by atoms with Gasteiger partial charge < -0.3 is 59.5 Å². The number of carboxylic acid groups (broad SMARTS) is 1. The second kappa shape index (κ2) is 32.3. The minimum absolute atomic E-state index is 0.0293. The molecule has 0 aliphatic carbocycles. The van der Waals surface area contributed by atoms with E-state index in [9.17, 15) is 43.5 Å². The molecule has 0 fully saturated rings. The van der Waals surface area contributed by atoms with Crippen molar-refractivity contribution in [3.8, 4) is 11.5 Å². The molecular formula is C57H74N4O16. The number of Topliss-reactive ketones (excluding diaryl/α,β-unsaturated/α-hetero) is 2. The maximum Gasteiger partial charge on any atom is 0.408 e. The van der Waals surface area contributed by atoms with Crippen LogP contribution in [0.3, 0.4) is 0 Å². The van der Waals surface area contributed by atoms with Crippen molar-refractivity contribution in [1.29, 1.82) is 0 Å². The number of hydrogen-bond donors (Lipinski definition) is 5. The number of ketones is 2. The van der Waals surface area contributed by atoms with E-state index in [0.29, 0.717) is 68.5 Å². The number of rotatable bonds is 26. The van der Waals surface area contributed by atoms with Crippen molar-refractivity contribution in [2.45, 2.75) is 129 Å². The van der Waals surface area contributed by atoms with Crippen LogP contribution >= 0.6 is 0 Å². The molecule has 4 amide bonds. The molecule has 418 valence electrons. The lowest BCUT2D eigenvalue weighted by atomic mass is 9.98. The minimum atomic E-state index is -1.17. The Bertz CT molecular complexity index is 2560. The smallest absolute Gasteiger partial charge is 0.408 e. The zero-order valence-corrected chi connectivity index (χ0v) is 45.4. The monoisotopic (exact) mass is 1070 g/mol. The van der Waals surface area contributed by atoms with Crippen LogP contribution in [-0.4, -0.2) is 111 Å². The van der Waals surface area contributed by atoms with Crippen molar-refractivity contribution in [2.75, 3.05) is 34.4 Å². The molecule has 0 aliphatic heterocycles. The number of benzene rings is 4. The van der Waals surface area contributed by atoms with E-state index in [-0.39, 0.29) is 54.5 Å². The zero-order chi connectivity index (χ0) is 57.0. The van der Waals surface area contributed by atoms with Crippen LogP contribution < -0.4 is 30.7 Å². The SMILES string of the molecule is COC(=O)c1cc(CC(=O)[C@H](CCCCNC(=O)OCc2ccccc2)NC(=O)OC(C)(C)C)ccc1OC.COc1ccc(CC(=O)[C@H](CCCCNC(=O)OCc2ccccc2)NC(=O)OC(C)(C)C)cc1C(=O)O. The molecule has 2 atom stereocenters. The van der Waals surface area contributed by atoms with Crippen LogP contribution in [0, 0.1) is 0 Å². The normalized spacial score (nSPS) is 11.6. The average Bonchev–Trinajstić information content (AvgIpc) is 3.38. The average molecular weight is 1070 g/mol. The molecule has 5 N–H and O–H groups in total. The zero-order valence-electron chi connectivity index (χ0n) is 45.4. The molecule has 0 saturated heterocycles. The number of carbonyl (C=O) groups excluding carboxylic acids is 7. The minimum Gasteiger partial charge on any atom is -0.496 e. The summed E-state index contributed by atoms with van der Waals surface area (Å²) in [5.74, 6) is -1.79. The van der Waals surface area contributed by atoms with Gasteiger partial charge in [-0.05, 0) is 127 Å². The number of unbranched alkanes of at least 4 members (excludes halogenated alkanes) is 2. The highest BCUT2D eigenvalue weighted by Crippen LogP contribution is 2.23. The quantitative estimate of drug-likeness (QED) is 0.0223. The second-order valence-corrected chi connectivity index (χ2v) is 19.5. The Morgan fingerprint density at radius 3 is 1.25 bits per heavy atom. The number of alkyl carbamates (subject to hydrolysis) is 4. The Morgan fingerprint density at radius 1 is 0.494 bits per heavy atom. The van der Waals surface area contributed by atoms with Gasteiger partial charge in [0.2, 0.25) is 0 Å². The molecule has 0 bridgehead atoms. The molecule has 4 aromatic carbocycles. The Labute approximate surface area is 450 Å². The van der Waals surface area contributed by atoms with Gasteiger partial charge in [0.15, 0.2) is 11.6 Å². The highest BCUT2D eigenvalue weighted by atomic mass is 16.6. The van der Waals surface area contributed by atoms with Gasteiger partial charge in [-0.3, -0.25) is 9.59 Å². The van der Waals surface area contributed by atoms with Crippen LogP contribution in [0.2, 0.25) is 0 Å². The summed E-state index contributed by atoms with van der Waals surface area (Å²) in [6, 6.07) is 26.3. The van der Waals surface area contributed by atoms with Gasteiger partial charge in [-0.25, -0.2) is 28.8 Å². The maximum atomic E-state index is 13.2. The predicted octanol–water partition coefficient (Wildman–Crippen LogP) is 9.08. The van der Waals surface area contributed by atoms with Crippen molar-refractivity contribution in [1.82, 2.24) is 21.3 Å². The lowest BCUT2D eigenvalue weighted by molar-refractivity contribution is -0.121. The fourth-order valence-corrected chi connectivity index (χ4v) is 7.22. The molecule has 0 aromatic heterocycles. The van der Waals surface area contributed by atoms with Crippen LogP contribution in [0.5, 0.6) is 11.5 Å². The highest BCUT2D eigenvalue weighted by Gasteiger charge is 2.27. The van der Waals surface area contributed by atoms with E-state index in [4.69, 9.17) is 33.2 Å². The van der Waals surface area contributed by atoms with Gasteiger partial charge in [-0.15, -0.1) is 0 Å². The van der Waals surface area contributed by atoms with Gasteiger partial charge in [-0.2, -0.15) is 0 Å². The first-order chi connectivity index (χ1) is 36.5. The van der Waals surface area contributed by atoms with Gasteiger partial charge in [0.25, 0.3) is 0 Å². The van der Waals surface area contributed by atoms with E-state index in [0.717, 1.165) is 11.1 Å². The number of aromatic carboxylic acids is 1. The molecule has 0 spiro atoms. The third-order valence-electron chi connectivity index (χ3n) is 10.9. The van der Waals surface area contributed by atoms with E-state index in [1.54, 1.807) is 59.7 Å². The second-order valence-electron chi connectivity index (χ2n) is 19.5. The van der Waals surface area contributed by atoms with Gasteiger partial charge in [-0.1, -0.05) is 72.8 Å². The largest absolute Gasteiger partial charge is 0.496 e. The number of methoxy groups -OCH3 is 3. The number of esters is 1. The van der Waals surface area contributed by atoms with E-state index in [1.807, 2.05) is 60.7 Å². The lowest BCUT2D eigenvalue weighted by Gasteiger charge is -2.23. The van der Waals surface area contributed by atoms with Crippen LogP contribution in [0.15, 0.2) is 97.1 Å². The maximum absolute atomic E-state index is 13.2. The first-order valence-electron chi connectivity index (χ1n) is 25.1. The molecule has 0 radical (unpaired) electrons. The van der Waals surface area contributed by atoms with Crippen molar-refractivity contribution in [3.63, 3.8) is 0 Å². The van der Waals surface area contributed by atoms with Crippen LogP contribution in [0.4, 0.5) is 19.2 Å². The summed E-state index contributed by atoms with van der Waals surface area (Å²) in [6.45, 7) is 11.4. The lowest BCUT2D eigenvalue weighted by Crippen LogP contribution is -2.44. The highest BCUT2D eigenvalue weighted by molar-refractivity contribution is 5.94. The number of ether oxygens (including phenoxy) is 7. The molecule has 0 aliphatic rings. The first kappa shape index (κ1) is 63.1. The van der Waals surface area contributed by atoms with Gasteiger partial charge in [0, 0.05) is 25.9 Å². The standard InChI is InChI=1S/C29H38N2O8.C28H36N2O8/c1-29(2,3)39-28(35)31-23(13-9-10-16-30-27(34)38-19-20-11-7-6-8-12-20)24(32)18-21-14-15-25(36-4)22(17-21)26(33)37-5;1-28(2,3)38-27(35)30-22(23(31)17-20-13-14-24(36-4)21(16-20)25(32)33)12-8-9-15-29-26(34)37-18-19-10-6-5-7-11-19/h6-8,11-12,14-15,17,23H,9-10,13,16,18-19H2,1-5H3,(H,30,34)(H,31,35);5-7,10-11,13-14,16,22H,8-9,12,15,17-18H2,1-4H3,(H,29,34)(H,30,35)(H,32,33)/t23-;22-/m00/s1. The van der Waals surface area contributed by atoms with Crippen molar-refractivity contribution in [2.24, 2.45) is 0 Å². The summed E-state index contributed by atoms with van der Waals surface area (Å²) in [7, 11) is 4.06. The Morgan fingerprint density at radius 2 is 0.883 bits per heavy atom. The Balaban J connectivity index is 0.000000405. The first-order valence-corrected chi connectivity index (χ1v) is 25.1. The fraction of sp³-hybridized carbons (Fsp3) is 0.439. The van der Waals surface area contributed by atoms with Gasteiger partial charge in [0.1, 0.15) is 47.0 Å². The molecule has 0 heterocycles. The third-order valence-corrected chi connectivity index (χ3v) is 10.9. The van der Waals surface area contributed by atoms with E-state index >= 15 is 0 Å². The number of amides is 4. The molecule has 4 aromatic rings. The van der Waals surface area contributed by atoms with Crippen molar-refractivity contribution < 1.29 is 76.6 Å². The summed E-state index contributed by atoms with van der Waals surface area (Å²) >= 11 is 0. The summed E-state index contributed by atoms with van der Waals surface area (Å²) in [6.07, 6.45) is 0.206. The number of hydrogen-bond acceptors (Lipinski definition) is 15. The van der Waals surface area contributed by atoms with Gasteiger partial charge >= 0.3 is 36.3 Å².